The Kier molecular flexibility index (Phi) is 4.44. The summed E-state index contributed by atoms with van der Waals surface area (Å²) in [7, 11) is 0. The van der Waals surface area contributed by atoms with E-state index in [0.717, 1.165) is 6.42 Å². The van der Waals surface area contributed by atoms with Gasteiger partial charge in [-0.15, -0.1) is 0 Å². The van der Waals surface area contributed by atoms with E-state index in [0.29, 0.717) is 12.1 Å². The zero-order chi connectivity index (χ0) is 10.4. The SMILES string of the molecule is CCCC(C)N=CN1C=CC=CC1C. The molecule has 1 heterocycles. The van der Waals surface area contributed by atoms with Crippen molar-refractivity contribution in [2.75, 3.05) is 0 Å². The first-order valence-electron chi connectivity index (χ1n) is 5.39. The first-order valence-corrected chi connectivity index (χ1v) is 5.39. The maximum Gasteiger partial charge on any atom is 0.0898 e. The van der Waals surface area contributed by atoms with E-state index in [1.807, 2.05) is 12.4 Å². The smallest absolute Gasteiger partial charge is 0.0898 e. The molecule has 0 spiro atoms. The van der Waals surface area contributed by atoms with Gasteiger partial charge in [0.05, 0.1) is 6.34 Å². The van der Waals surface area contributed by atoms with Crippen LogP contribution in [-0.2, 0) is 0 Å². The molecule has 1 aliphatic rings. The quantitative estimate of drug-likeness (QED) is 0.494. The monoisotopic (exact) mass is 192 g/mol. The average Bonchev–Trinajstić information content (AvgIpc) is 2.17. The Morgan fingerprint density at radius 2 is 2.29 bits per heavy atom. The van der Waals surface area contributed by atoms with Crippen molar-refractivity contribution in [1.82, 2.24) is 4.90 Å². The summed E-state index contributed by atoms with van der Waals surface area (Å²) in [6.45, 7) is 6.52. The highest BCUT2D eigenvalue weighted by Gasteiger charge is 2.06. The van der Waals surface area contributed by atoms with E-state index in [2.05, 4.69) is 49.0 Å². The molecule has 1 rings (SSSR count). The highest BCUT2D eigenvalue weighted by Crippen LogP contribution is 2.06. The lowest BCUT2D eigenvalue weighted by Crippen LogP contribution is -2.26. The van der Waals surface area contributed by atoms with Crippen molar-refractivity contribution >= 4 is 6.34 Å². The molecule has 0 aliphatic carbocycles. The molecule has 2 heteroatoms. The second-order valence-electron chi connectivity index (χ2n) is 3.82. The van der Waals surface area contributed by atoms with Gasteiger partial charge < -0.3 is 4.90 Å². The number of hydrogen-bond acceptors (Lipinski definition) is 1. The highest BCUT2D eigenvalue weighted by molar-refractivity contribution is 5.58. The molecule has 0 radical (unpaired) electrons. The highest BCUT2D eigenvalue weighted by atomic mass is 15.2. The molecule has 2 unspecified atom stereocenters. The summed E-state index contributed by atoms with van der Waals surface area (Å²) < 4.78 is 0. The van der Waals surface area contributed by atoms with E-state index in [1.165, 1.54) is 6.42 Å². The van der Waals surface area contributed by atoms with Crippen LogP contribution in [0.4, 0.5) is 0 Å². The van der Waals surface area contributed by atoms with Crippen LogP contribution >= 0.6 is 0 Å². The fourth-order valence-corrected chi connectivity index (χ4v) is 1.44. The van der Waals surface area contributed by atoms with Gasteiger partial charge in [0, 0.05) is 18.3 Å². The predicted octanol–water partition coefficient (Wildman–Crippen LogP) is 2.98. The van der Waals surface area contributed by atoms with E-state index in [4.69, 9.17) is 0 Å². The summed E-state index contributed by atoms with van der Waals surface area (Å²) in [6.07, 6.45) is 12.7. The molecule has 0 saturated heterocycles. The van der Waals surface area contributed by atoms with Crippen LogP contribution in [0.25, 0.3) is 0 Å². The number of aliphatic imine (C=N–C) groups is 1. The Hall–Kier alpha value is -1.05. The third kappa shape index (κ3) is 3.36. The van der Waals surface area contributed by atoms with Gasteiger partial charge in [0.1, 0.15) is 0 Å². The van der Waals surface area contributed by atoms with Crippen molar-refractivity contribution in [2.45, 2.75) is 45.7 Å². The van der Waals surface area contributed by atoms with E-state index in [9.17, 15) is 0 Å². The van der Waals surface area contributed by atoms with E-state index in [1.54, 1.807) is 0 Å². The van der Waals surface area contributed by atoms with Gasteiger partial charge in [-0.2, -0.15) is 0 Å². The van der Waals surface area contributed by atoms with Gasteiger partial charge in [-0.1, -0.05) is 25.5 Å². The van der Waals surface area contributed by atoms with Crippen molar-refractivity contribution < 1.29 is 0 Å². The zero-order valence-electron chi connectivity index (χ0n) is 9.35. The topological polar surface area (TPSA) is 15.6 Å². The molecule has 0 fully saturated rings. The predicted molar refractivity (Wildman–Crippen MR) is 62.4 cm³/mol. The van der Waals surface area contributed by atoms with Crippen molar-refractivity contribution in [3.05, 3.63) is 24.4 Å². The summed E-state index contributed by atoms with van der Waals surface area (Å²) in [4.78, 5) is 6.63. The van der Waals surface area contributed by atoms with Crippen LogP contribution in [0.3, 0.4) is 0 Å². The minimum absolute atomic E-state index is 0.428. The van der Waals surface area contributed by atoms with Gasteiger partial charge in [-0.05, 0) is 26.3 Å². The first kappa shape index (κ1) is 11.0. The molecular formula is C12H20N2. The molecular weight excluding hydrogens is 172 g/mol. The van der Waals surface area contributed by atoms with Crippen LogP contribution in [0.2, 0.25) is 0 Å². The van der Waals surface area contributed by atoms with Crippen LogP contribution in [-0.4, -0.2) is 23.3 Å². The summed E-state index contributed by atoms with van der Waals surface area (Å²) in [5.74, 6) is 0. The third-order valence-corrected chi connectivity index (χ3v) is 2.39. The lowest BCUT2D eigenvalue weighted by molar-refractivity contribution is 0.499. The maximum absolute atomic E-state index is 4.50. The average molecular weight is 192 g/mol. The van der Waals surface area contributed by atoms with Crippen LogP contribution in [0.5, 0.6) is 0 Å². The van der Waals surface area contributed by atoms with Crippen molar-refractivity contribution in [1.29, 1.82) is 0 Å². The normalized spacial score (nSPS) is 23.4. The van der Waals surface area contributed by atoms with Gasteiger partial charge in [0.25, 0.3) is 0 Å². The molecule has 14 heavy (non-hydrogen) atoms. The molecule has 0 aromatic carbocycles. The van der Waals surface area contributed by atoms with Gasteiger partial charge in [0.2, 0.25) is 0 Å². The number of rotatable bonds is 4. The molecule has 2 nitrogen and oxygen atoms in total. The van der Waals surface area contributed by atoms with E-state index >= 15 is 0 Å². The third-order valence-electron chi connectivity index (χ3n) is 2.39. The standard InChI is InChI=1S/C12H20N2/c1-4-7-11(2)13-10-14-9-6-5-8-12(14)3/h5-6,8-12H,4,7H2,1-3H3. The van der Waals surface area contributed by atoms with Crippen LogP contribution in [0.15, 0.2) is 29.4 Å². The van der Waals surface area contributed by atoms with Crippen molar-refractivity contribution in [3.63, 3.8) is 0 Å². The number of nitrogens with zero attached hydrogens (tertiary/aromatic N) is 2. The van der Waals surface area contributed by atoms with Crippen molar-refractivity contribution in [3.8, 4) is 0 Å². The molecule has 0 bridgehead atoms. The molecule has 0 aromatic rings. The molecule has 78 valence electrons. The largest absolute Gasteiger partial charge is 0.333 e. The second-order valence-corrected chi connectivity index (χ2v) is 3.82. The van der Waals surface area contributed by atoms with Crippen LogP contribution in [0, 0.1) is 0 Å². The maximum atomic E-state index is 4.50. The minimum Gasteiger partial charge on any atom is -0.333 e. The van der Waals surface area contributed by atoms with Gasteiger partial charge in [0.15, 0.2) is 0 Å². The summed E-state index contributed by atoms with van der Waals surface area (Å²) in [6, 6.07) is 0.865. The Morgan fingerprint density at radius 3 is 2.93 bits per heavy atom. The molecule has 0 saturated carbocycles. The summed E-state index contributed by atoms with van der Waals surface area (Å²) in [5.41, 5.74) is 0. The number of allylic oxidation sites excluding steroid dienone is 2. The molecule has 0 aromatic heterocycles. The van der Waals surface area contributed by atoms with E-state index in [-0.39, 0.29) is 0 Å². The zero-order valence-corrected chi connectivity index (χ0v) is 9.35. The van der Waals surface area contributed by atoms with Gasteiger partial charge in [-0.25, -0.2) is 0 Å². The Morgan fingerprint density at radius 1 is 1.50 bits per heavy atom. The van der Waals surface area contributed by atoms with Crippen LogP contribution < -0.4 is 0 Å². The second kappa shape index (κ2) is 5.63. The van der Waals surface area contributed by atoms with Crippen molar-refractivity contribution in [2.24, 2.45) is 4.99 Å². The summed E-state index contributed by atoms with van der Waals surface area (Å²) in [5, 5.41) is 0. The van der Waals surface area contributed by atoms with Crippen LogP contribution in [0.1, 0.15) is 33.6 Å². The van der Waals surface area contributed by atoms with E-state index < -0.39 is 0 Å². The number of hydrogen-bond donors (Lipinski definition) is 0. The fraction of sp³-hybridized carbons (Fsp3) is 0.583. The molecule has 2 atom stereocenters. The lowest BCUT2D eigenvalue weighted by Gasteiger charge is -2.22. The molecule has 1 aliphatic heterocycles. The minimum atomic E-state index is 0.428. The molecule has 0 amide bonds. The Balaban J connectivity index is 2.43. The lowest BCUT2D eigenvalue weighted by atomic mass is 10.2. The summed E-state index contributed by atoms with van der Waals surface area (Å²) >= 11 is 0. The molecule has 0 N–H and O–H groups in total. The van der Waals surface area contributed by atoms with Gasteiger partial charge >= 0.3 is 0 Å². The Bertz CT molecular complexity index is 241. The Labute approximate surface area is 87.0 Å². The van der Waals surface area contributed by atoms with Gasteiger partial charge in [-0.3, -0.25) is 4.99 Å². The first-order chi connectivity index (χ1) is 6.74. The fourth-order valence-electron chi connectivity index (χ4n) is 1.44.